The molecule has 0 aliphatic heterocycles. The Morgan fingerprint density at radius 2 is 1.68 bits per heavy atom. The monoisotopic (exact) mass is 460 g/mol. The van der Waals surface area contributed by atoms with Crippen molar-refractivity contribution < 1.29 is 14.7 Å². The highest BCUT2D eigenvalue weighted by Gasteiger charge is 2.63. The molecular formula is C31H40O3. The molecule has 2 unspecified atom stereocenters. The zero-order chi connectivity index (χ0) is 23.7. The molecule has 6 aliphatic rings. The second kappa shape index (κ2) is 8.19. The molecular weight excluding hydrogens is 420 g/mol. The molecule has 0 aromatic heterocycles. The summed E-state index contributed by atoms with van der Waals surface area (Å²) in [5.41, 5.74) is 3.42. The van der Waals surface area contributed by atoms with Crippen LogP contribution in [-0.2, 0) is 9.59 Å². The maximum Gasteiger partial charge on any atom is 0.156 e. The van der Waals surface area contributed by atoms with Gasteiger partial charge in [0.05, 0.1) is 0 Å². The van der Waals surface area contributed by atoms with Crippen LogP contribution in [0, 0.1) is 52.8 Å². The first-order valence-corrected chi connectivity index (χ1v) is 14.0. The zero-order valence-corrected chi connectivity index (χ0v) is 21.0. The van der Waals surface area contributed by atoms with Crippen LogP contribution in [0.15, 0.2) is 22.8 Å². The van der Waals surface area contributed by atoms with Crippen LogP contribution in [0.1, 0.15) is 97.3 Å². The van der Waals surface area contributed by atoms with Crippen LogP contribution < -0.4 is 0 Å². The van der Waals surface area contributed by atoms with E-state index in [2.05, 4.69) is 18.8 Å². The first-order valence-electron chi connectivity index (χ1n) is 14.0. The van der Waals surface area contributed by atoms with Gasteiger partial charge in [-0.3, -0.25) is 9.59 Å². The maximum absolute atomic E-state index is 12.8. The van der Waals surface area contributed by atoms with Gasteiger partial charge in [-0.15, -0.1) is 5.92 Å². The number of ketones is 2. The predicted molar refractivity (Wildman–Crippen MR) is 133 cm³/mol. The Balaban J connectivity index is 1.37. The third kappa shape index (κ3) is 3.42. The molecule has 1 N–H and O–H groups in total. The van der Waals surface area contributed by atoms with Gasteiger partial charge in [0.1, 0.15) is 11.4 Å². The van der Waals surface area contributed by atoms with Crippen LogP contribution in [-0.4, -0.2) is 22.3 Å². The normalized spacial score (nSPS) is 43.8. The summed E-state index contributed by atoms with van der Waals surface area (Å²) in [4.78, 5) is 25.0. The molecule has 6 rings (SSSR count). The summed E-state index contributed by atoms with van der Waals surface area (Å²) < 4.78 is 0. The van der Waals surface area contributed by atoms with E-state index in [-0.39, 0.29) is 11.3 Å². The molecule has 0 aromatic carbocycles. The Morgan fingerprint density at radius 3 is 2.35 bits per heavy atom. The minimum Gasteiger partial charge on any atom is -0.377 e. The number of carbonyl (C=O) groups excluding carboxylic acids is 2. The first kappa shape index (κ1) is 22.8. The molecule has 0 radical (unpaired) electrons. The van der Waals surface area contributed by atoms with E-state index in [1.165, 1.54) is 11.1 Å². The molecule has 4 fully saturated rings. The number of hydrogen-bond donors (Lipinski definition) is 1. The standard InChI is InChI=1S/C31H40O3/c1-3-15-31(34)16-14-27-25-12-10-22-17-23(32)11-13-24(22)28(25)26(18-30(27,31)2)19-4-6-20(7-5-19)29(33)21-8-9-21/h17,19-21,25-27,34H,4-14,16,18H2,1-2H3/t19?,20?,25?,26-,27?,30+,31+/m1/s1. The average Bonchev–Trinajstić information content (AvgIpc) is 3.64. The van der Waals surface area contributed by atoms with E-state index in [0.29, 0.717) is 47.6 Å². The summed E-state index contributed by atoms with van der Waals surface area (Å²) in [5, 5.41) is 11.8. The van der Waals surface area contributed by atoms with Gasteiger partial charge in [0.25, 0.3) is 0 Å². The number of carbonyl (C=O) groups is 2. The molecule has 0 spiro atoms. The smallest absolute Gasteiger partial charge is 0.156 e. The second-order valence-corrected chi connectivity index (χ2v) is 12.6. The number of Topliss-reactive ketones (excluding diaryl/α,β-unsaturated/α-hetero) is 1. The first-order chi connectivity index (χ1) is 16.3. The molecule has 0 amide bonds. The second-order valence-electron chi connectivity index (χ2n) is 12.6. The highest BCUT2D eigenvalue weighted by atomic mass is 16.3. The Bertz CT molecular complexity index is 1020. The van der Waals surface area contributed by atoms with Gasteiger partial charge < -0.3 is 5.11 Å². The van der Waals surface area contributed by atoms with Crippen molar-refractivity contribution >= 4 is 11.6 Å². The minimum absolute atomic E-state index is 0.179. The summed E-state index contributed by atoms with van der Waals surface area (Å²) in [6.07, 6.45) is 15.1. The van der Waals surface area contributed by atoms with Crippen LogP contribution in [0.25, 0.3) is 0 Å². The van der Waals surface area contributed by atoms with Crippen molar-refractivity contribution in [2.75, 3.05) is 0 Å². The maximum atomic E-state index is 12.8. The molecule has 4 saturated carbocycles. The van der Waals surface area contributed by atoms with E-state index >= 15 is 0 Å². The molecule has 5 atom stereocenters. The van der Waals surface area contributed by atoms with Crippen LogP contribution in [0.3, 0.4) is 0 Å². The van der Waals surface area contributed by atoms with E-state index in [1.807, 2.05) is 13.0 Å². The fourth-order valence-corrected chi connectivity index (χ4v) is 9.07. The Morgan fingerprint density at radius 1 is 0.971 bits per heavy atom. The number of fused-ring (bicyclic) bond motifs is 4. The Hall–Kier alpha value is -1.66. The van der Waals surface area contributed by atoms with Gasteiger partial charge in [-0.2, -0.15) is 0 Å². The van der Waals surface area contributed by atoms with Gasteiger partial charge >= 0.3 is 0 Å². The van der Waals surface area contributed by atoms with E-state index < -0.39 is 5.60 Å². The van der Waals surface area contributed by atoms with Gasteiger partial charge in [0, 0.05) is 23.7 Å². The van der Waals surface area contributed by atoms with Crippen molar-refractivity contribution in [3.05, 3.63) is 22.8 Å². The van der Waals surface area contributed by atoms with Crippen molar-refractivity contribution in [2.24, 2.45) is 40.9 Å². The van der Waals surface area contributed by atoms with E-state index in [9.17, 15) is 14.7 Å². The fraction of sp³-hybridized carbons (Fsp3) is 0.742. The lowest BCUT2D eigenvalue weighted by Crippen LogP contribution is -2.52. The van der Waals surface area contributed by atoms with Gasteiger partial charge in [0.15, 0.2) is 5.78 Å². The molecule has 182 valence electrons. The Labute approximate surface area is 204 Å². The van der Waals surface area contributed by atoms with Crippen molar-refractivity contribution in [1.29, 1.82) is 0 Å². The lowest BCUT2D eigenvalue weighted by Gasteiger charge is -2.55. The van der Waals surface area contributed by atoms with Crippen molar-refractivity contribution in [2.45, 2.75) is 103 Å². The molecule has 0 saturated heterocycles. The summed E-state index contributed by atoms with van der Waals surface area (Å²) >= 11 is 0. The molecule has 3 heteroatoms. The highest BCUT2D eigenvalue weighted by Crippen LogP contribution is 2.66. The lowest BCUT2D eigenvalue weighted by molar-refractivity contribution is -0.125. The average molecular weight is 461 g/mol. The molecule has 6 aliphatic carbocycles. The third-order valence-corrected chi connectivity index (χ3v) is 11.0. The van der Waals surface area contributed by atoms with Crippen LogP contribution >= 0.6 is 0 Å². The van der Waals surface area contributed by atoms with Crippen molar-refractivity contribution in [3.8, 4) is 11.8 Å². The van der Waals surface area contributed by atoms with Crippen LogP contribution in [0.5, 0.6) is 0 Å². The molecule has 34 heavy (non-hydrogen) atoms. The van der Waals surface area contributed by atoms with E-state index in [4.69, 9.17) is 0 Å². The number of aliphatic hydroxyl groups is 1. The molecule has 0 heterocycles. The largest absolute Gasteiger partial charge is 0.377 e. The molecule has 0 aromatic rings. The summed E-state index contributed by atoms with van der Waals surface area (Å²) in [7, 11) is 0. The SMILES string of the molecule is CC#C[C@]1(O)CCC2C3CCC4=CC(=O)CCC4=C3[C@@H](C3CCC(C(=O)C4CC4)CC3)C[C@@]21C. The van der Waals surface area contributed by atoms with Gasteiger partial charge in [0.2, 0.25) is 0 Å². The summed E-state index contributed by atoms with van der Waals surface area (Å²) in [6, 6.07) is 0. The van der Waals surface area contributed by atoms with E-state index in [0.717, 1.165) is 77.0 Å². The third-order valence-electron chi connectivity index (χ3n) is 11.0. The van der Waals surface area contributed by atoms with Gasteiger partial charge in [-0.05, 0) is 125 Å². The predicted octanol–water partition coefficient (Wildman–Crippen LogP) is 5.96. The lowest BCUT2D eigenvalue weighted by atomic mass is 9.49. The highest BCUT2D eigenvalue weighted by molar-refractivity contribution is 5.93. The fourth-order valence-electron chi connectivity index (χ4n) is 9.07. The zero-order valence-electron chi connectivity index (χ0n) is 21.0. The number of allylic oxidation sites excluding steroid dienone is 4. The topological polar surface area (TPSA) is 54.4 Å². The van der Waals surface area contributed by atoms with Gasteiger partial charge in [-0.25, -0.2) is 0 Å². The van der Waals surface area contributed by atoms with Gasteiger partial charge in [-0.1, -0.05) is 18.4 Å². The quantitative estimate of drug-likeness (QED) is 0.529. The number of rotatable bonds is 3. The van der Waals surface area contributed by atoms with E-state index in [1.54, 1.807) is 5.57 Å². The Kier molecular flexibility index (Phi) is 5.49. The van der Waals surface area contributed by atoms with Crippen LogP contribution in [0.2, 0.25) is 0 Å². The molecule has 3 nitrogen and oxygen atoms in total. The summed E-state index contributed by atoms with van der Waals surface area (Å²) in [5.74, 6) is 9.87. The van der Waals surface area contributed by atoms with Crippen LogP contribution in [0.4, 0.5) is 0 Å². The van der Waals surface area contributed by atoms with Crippen molar-refractivity contribution in [3.63, 3.8) is 0 Å². The molecule has 0 bridgehead atoms. The summed E-state index contributed by atoms with van der Waals surface area (Å²) in [6.45, 7) is 4.19. The van der Waals surface area contributed by atoms with Crippen molar-refractivity contribution in [1.82, 2.24) is 0 Å². The number of hydrogen-bond acceptors (Lipinski definition) is 3. The minimum atomic E-state index is -0.890.